The van der Waals surface area contributed by atoms with E-state index in [4.69, 9.17) is 4.74 Å². The van der Waals surface area contributed by atoms with E-state index in [0.29, 0.717) is 10.7 Å². The van der Waals surface area contributed by atoms with E-state index in [1.165, 1.54) is 27.1 Å². The first kappa shape index (κ1) is 12.1. The van der Waals surface area contributed by atoms with Crippen LogP contribution in [-0.4, -0.2) is 13.2 Å². The van der Waals surface area contributed by atoms with Crippen molar-refractivity contribution in [2.24, 2.45) is 5.92 Å². The maximum Gasteiger partial charge on any atom is 0.0730 e. The van der Waals surface area contributed by atoms with Crippen molar-refractivity contribution in [3.05, 3.63) is 20.3 Å². The van der Waals surface area contributed by atoms with Crippen LogP contribution in [-0.2, 0) is 4.74 Å². The summed E-state index contributed by atoms with van der Waals surface area (Å²) < 4.78 is 6.77. The third kappa shape index (κ3) is 2.84. The fourth-order valence-corrected chi connectivity index (χ4v) is 4.32. The Morgan fingerprint density at radius 1 is 1.60 bits per heavy atom. The Morgan fingerprint density at radius 2 is 2.40 bits per heavy atom. The molecule has 1 aromatic heterocycles. The van der Waals surface area contributed by atoms with Gasteiger partial charge in [0, 0.05) is 11.5 Å². The molecule has 2 unspecified atom stereocenters. The van der Waals surface area contributed by atoms with Crippen LogP contribution in [0.2, 0.25) is 0 Å². The smallest absolute Gasteiger partial charge is 0.0730 e. The molecular weight excluding hydrogens is 340 g/mol. The summed E-state index contributed by atoms with van der Waals surface area (Å²) in [6.07, 6.45) is 2.46. The number of ether oxygens (including phenoxy) is 1. The molecule has 0 amide bonds. The third-order valence-electron chi connectivity index (χ3n) is 2.76. The fraction of sp³-hybridized carbons (Fsp3) is 0.636. The normalized spacial score (nSPS) is 24.1. The van der Waals surface area contributed by atoms with Gasteiger partial charge >= 0.3 is 0 Å². The molecule has 0 N–H and O–H groups in total. The van der Waals surface area contributed by atoms with Crippen LogP contribution in [0.15, 0.2) is 9.85 Å². The van der Waals surface area contributed by atoms with Crippen LogP contribution in [0.1, 0.15) is 28.1 Å². The summed E-state index contributed by atoms with van der Waals surface area (Å²) in [7, 11) is 0. The van der Waals surface area contributed by atoms with Crippen LogP contribution in [0.25, 0.3) is 0 Å². The van der Waals surface area contributed by atoms with Gasteiger partial charge in [0.25, 0.3) is 0 Å². The second kappa shape index (κ2) is 5.30. The van der Waals surface area contributed by atoms with Crippen LogP contribution in [0.4, 0.5) is 0 Å². The lowest BCUT2D eigenvalue weighted by atomic mass is 9.97. The van der Waals surface area contributed by atoms with Gasteiger partial charge in [-0.2, -0.15) is 0 Å². The first-order valence-corrected chi connectivity index (χ1v) is 7.68. The molecule has 2 atom stereocenters. The summed E-state index contributed by atoms with van der Waals surface area (Å²) in [6.45, 7) is 3.97. The lowest BCUT2D eigenvalue weighted by molar-refractivity contribution is 0.0549. The minimum absolute atomic E-state index is 0.452. The van der Waals surface area contributed by atoms with E-state index in [9.17, 15) is 0 Å². The fourth-order valence-electron chi connectivity index (χ4n) is 1.85. The van der Waals surface area contributed by atoms with E-state index in [2.05, 4.69) is 44.8 Å². The monoisotopic (exact) mass is 352 g/mol. The van der Waals surface area contributed by atoms with Gasteiger partial charge in [0.15, 0.2) is 0 Å². The largest absolute Gasteiger partial charge is 0.381 e. The molecule has 0 bridgehead atoms. The maximum absolute atomic E-state index is 5.52. The zero-order valence-electron chi connectivity index (χ0n) is 8.63. The highest BCUT2D eigenvalue weighted by Crippen LogP contribution is 2.41. The van der Waals surface area contributed by atoms with Gasteiger partial charge in [-0.3, -0.25) is 0 Å². The molecule has 0 saturated carbocycles. The standard InChI is InChI=1S/C11H14Br2OS/c1-7-5-9(15-11(7)13)10(12)8-3-2-4-14-6-8/h5,8,10H,2-4,6H2,1H3. The zero-order chi connectivity index (χ0) is 10.8. The Morgan fingerprint density at radius 3 is 2.93 bits per heavy atom. The molecule has 2 heterocycles. The Balaban J connectivity index is 2.08. The third-order valence-corrected chi connectivity index (χ3v) is 6.52. The van der Waals surface area contributed by atoms with Crippen molar-refractivity contribution >= 4 is 43.2 Å². The van der Waals surface area contributed by atoms with Gasteiger partial charge in [0.1, 0.15) is 0 Å². The highest BCUT2D eigenvalue weighted by Gasteiger charge is 2.24. The molecule has 1 aliphatic rings. The summed E-state index contributed by atoms with van der Waals surface area (Å²) in [4.78, 5) is 1.86. The number of thiophene rings is 1. The highest BCUT2D eigenvalue weighted by atomic mass is 79.9. The molecule has 1 aliphatic heterocycles. The first-order chi connectivity index (χ1) is 7.18. The Bertz CT molecular complexity index is 312. The molecule has 0 radical (unpaired) electrons. The quantitative estimate of drug-likeness (QED) is 0.701. The molecule has 4 heteroatoms. The Hall–Kier alpha value is 0.620. The van der Waals surface area contributed by atoms with E-state index in [1.807, 2.05) is 11.3 Å². The van der Waals surface area contributed by atoms with E-state index in [-0.39, 0.29) is 0 Å². The van der Waals surface area contributed by atoms with E-state index < -0.39 is 0 Å². The zero-order valence-corrected chi connectivity index (χ0v) is 12.6. The minimum Gasteiger partial charge on any atom is -0.381 e. The Kier molecular flexibility index (Phi) is 4.27. The van der Waals surface area contributed by atoms with Gasteiger partial charge in [-0.25, -0.2) is 0 Å². The average Bonchev–Trinajstić information content (AvgIpc) is 2.59. The number of alkyl halides is 1. The van der Waals surface area contributed by atoms with Crippen LogP contribution < -0.4 is 0 Å². The van der Waals surface area contributed by atoms with Gasteiger partial charge < -0.3 is 4.74 Å². The van der Waals surface area contributed by atoms with Gasteiger partial charge in [-0.05, 0) is 53.2 Å². The van der Waals surface area contributed by atoms with E-state index in [1.54, 1.807) is 0 Å². The van der Waals surface area contributed by atoms with Gasteiger partial charge in [-0.1, -0.05) is 15.9 Å². The second-order valence-electron chi connectivity index (χ2n) is 3.98. The molecular formula is C11H14Br2OS. The van der Waals surface area contributed by atoms with Gasteiger partial charge in [-0.15, -0.1) is 11.3 Å². The molecule has 1 aromatic rings. The van der Waals surface area contributed by atoms with Crippen molar-refractivity contribution in [3.8, 4) is 0 Å². The predicted octanol–water partition coefficient (Wildman–Crippen LogP) is 4.68. The molecule has 1 nitrogen and oxygen atoms in total. The maximum atomic E-state index is 5.52. The van der Waals surface area contributed by atoms with E-state index >= 15 is 0 Å². The van der Waals surface area contributed by atoms with Crippen molar-refractivity contribution in [2.75, 3.05) is 13.2 Å². The molecule has 15 heavy (non-hydrogen) atoms. The van der Waals surface area contributed by atoms with Gasteiger partial charge in [0.2, 0.25) is 0 Å². The first-order valence-electron chi connectivity index (χ1n) is 5.16. The van der Waals surface area contributed by atoms with Crippen molar-refractivity contribution in [1.82, 2.24) is 0 Å². The topological polar surface area (TPSA) is 9.23 Å². The van der Waals surface area contributed by atoms with Crippen molar-refractivity contribution in [1.29, 1.82) is 0 Å². The molecule has 2 rings (SSSR count). The summed E-state index contributed by atoms with van der Waals surface area (Å²) in [5.41, 5.74) is 1.33. The van der Waals surface area contributed by atoms with Crippen LogP contribution in [0.3, 0.4) is 0 Å². The number of hydrogen-bond acceptors (Lipinski definition) is 2. The van der Waals surface area contributed by atoms with E-state index in [0.717, 1.165) is 13.2 Å². The average molecular weight is 354 g/mol. The molecule has 0 aliphatic carbocycles. The lowest BCUT2D eigenvalue weighted by Gasteiger charge is -2.25. The van der Waals surface area contributed by atoms with Crippen LogP contribution >= 0.6 is 43.2 Å². The SMILES string of the molecule is Cc1cc(C(Br)C2CCCOC2)sc1Br. The second-order valence-corrected chi connectivity index (χ2v) is 7.37. The summed E-state index contributed by atoms with van der Waals surface area (Å²) in [5.74, 6) is 0.628. The predicted molar refractivity (Wildman–Crippen MR) is 72.0 cm³/mol. The molecule has 0 aromatic carbocycles. The number of rotatable bonds is 2. The van der Waals surface area contributed by atoms with Crippen molar-refractivity contribution < 1.29 is 4.74 Å². The van der Waals surface area contributed by atoms with Crippen LogP contribution in [0, 0.1) is 12.8 Å². The van der Waals surface area contributed by atoms with Gasteiger partial charge in [0.05, 0.1) is 15.2 Å². The minimum atomic E-state index is 0.452. The summed E-state index contributed by atoms with van der Waals surface area (Å²) in [6, 6.07) is 2.27. The van der Waals surface area contributed by atoms with Crippen molar-refractivity contribution in [3.63, 3.8) is 0 Å². The Labute approximate surface area is 111 Å². The molecule has 1 fully saturated rings. The molecule has 84 valence electrons. The number of aryl methyl sites for hydroxylation is 1. The molecule has 0 spiro atoms. The summed E-state index contributed by atoms with van der Waals surface area (Å²) in [5, 5.41) is 0. The lowest BCUT2D eigenvalue weighted by Crippen LogP contribution is -2.20. The highest BCUT2D eigenvalue weighted by molar-refractivity contribution is 9.11. The van der Waals surface area contributed by atoms with Crippen molar-refractivity contribution in [2.45, 2.75) is 24.6 Å². The number of halogens is 2. The summed E-state index contributed by atoms with van der Waals surface area (Å²) >= 11 is 9.21. The molecule has 1 saturated heterocycles. The number of hydrogen-bond donors (Lipinski definition) is 0. The van der Waals surface area contributed by atoms with Crippen LogP contribution in [0.5, 0.6) is 0 Å².